The van der Waals surface area contributed by atoms with Crippen LogP contribution in [0.15, 0.2) is 0 Å². The first-order chi connectivity index (χ1) is 3.41. The summed E-state index contributed by atoms with van der Waals surface area (Å²) in [4.78, 5) is 0. The molecule has 0 bridgehead atoms. The molecule has 48 valence electrons. The minimum atomic E-state index is 0. The van der Waals surface area contributed by atoms with Crippen LogP contribution in [0.25, 0.3) is 0 Å². The molecule has 0 aromatic rings. The van der Waals surface area contributed by atoms with Gasteiger partial charge < -0.3 is 2.85 Å². The van der Waals surface area contributed by atoms with Crippen LogP contribution in [-0.4, -0.2) is 11.5 Å². The molecule has 3 heteroatoms. The number of hydrogen-bond donors (Lipinski definition) is 0. The van der Waals surface area contributed by atoms with Gasteiger partial charge in [0.1, 0.15) is 0 Å². The molecule has 0 radical (unpaired) electrons. The van der Waals surface area contributed by atoms with E-state index in [1.165, 1.54) is 24.3 Å². The molecule has 0 aromatic heterocycles. The van der Waals surface area contributed by atoms with Crippen LogP contribution in [-0.2, 0) is 0 Å². The summed E-state index contributed by atoms with van der Waals surface area (Å²) in [5.41, 5.74) is 0. The molecule has 0 saturated heterocycles. The zero-order valence-electron chi connectivity index (χ0n) is 9.24. The summed E-state index contributed by atoms with van der Waals surface area (Å²) in [6.45, 7) is 4.45. The van der Waals surface area contributed by atoms with Crippen molar-refractivity contribution < 1.29 is 62.0 Å². The average Bonchev–Trinajstić information content (AvgIpc) is 1.69. The van der Waals surface area contributed by atoms with Crippen molar-refractivity contribution in [3.05, 3.63) is 0 Å². The second-order valence-corrected chi connectivity index (χ2v) is 2.84. The molecule has 0 heterocycles. The van der Waals surface area contributed by atoms with Crippen LogP contribution in [0, 0.1) is 0 Å². The molecule has 0 atom stereocenters. The maximum Gasteiger partial charge on any atom is 1.00 e. The Bertz CT molecular complexity index is 37.8. The van der Waals surface area contributed by atoms with Gasteiger partial charge in [-0.15, -0.1) is 0 Å². The molecule has 0 aromatic carbocycles. The van der Waals surface area contributed by atoms with Crippen LogP contribution < -0.4 is 59.1 Å². The second-order valence-electron chi connectivity index (χ2n) is 1.61. The van der Waals surface area contributed by atoms with Crippen LogP contribution in [0.3, 0.4) is 0 Å². The molecule has 0 rings (SSSR count). The van der Waals surface area contributed by atoms with Crippen molar-refractivity contribution >= 4 is 11.8 Å². The van der Waals surface area contributed by atoms with Gasteiger partial charge in [0.05, 0.1) is 0 Å². The number of hydrogen-bond acceptors (Lipinski definition) is 1. The van der Waals surface area contributed by atoms with Gasteiger partial charge >= 0.3 is 59.1 Å². The third-order valence-corrected chi connectivity index (χ3v) is 2.09. The molecule has 0 fully saturated rings. The molecule has 0 aliphatic heterocycles. The third-order valence-electron chi connectivity index (χ3n) is 0.697. The van der Waals surface area contributed by atoms with Gasteiger partial charge in [0.2, 0.25) is 0 Å². The van der Waals surface area contributed by atoms with Gasteiger partial charge in [-0.05, 0) is 24.3 Å². The minimum absolute atomic E-state index is 0. The van der Waals surface area contributed by atoms with E-state index in [9.17, 15) is 0 Å². The molecule has 0 unspecified atom stereocenters. The predicted octanol–water partition coefficient (Wildman–Crippen LogP) is -3.23. The molecule has 0 aliphatic rings. The van der Waals surface area contributed by atoms with Gasteiger partial charge in [-0.1, -0.05) is 13.8 Å². The molecule has 9 heavy (non-hydrogen) atoms. The van der Waals surface area contributed by atoms with E-state index in [-0.39, 0.29) is 62.0 Å². The summed E-state index contributed by atoms with van der Waals surface area (Å²) >= 11 is 2.05. The number of rotatable bonds is 4. The van der Waals surface area contributed by atoms with E-state index in [4.69, 9.17) is 0 Å². The van der Waals surface area contributed by atoms with E-state index < -0.39 is 0 Å². The minimum Gasteiger partial charge on any atom is -1.00 e. The van der Waals surface area contributed by atoms with Crippen LogP contribution in [0.2, 0.25) is 0 Å². The standard InChI is InChI=1S/C6H14S.2Na.2H/c1-3-5-7-6-4-2;;;;/h3-6H2,1-2H3;;;;/q;2*+1;2*-1. The summed E-state index contributed by atoms with van der Waals surface area (Å²) in [7, 11) is 0. The summed E-state index contributed by atoms with van der Waals surface area (Å²) in [5.74, 6) is 2.68. The van der Waals surface area contributed by atoms with Crippen LogP contribution in [0.4, 0.5) is 0 Å². The molecule has 0 spiro atoms. The summed E-state index contributed by atoms with van der Waals surface area (Å²) in [5, 5.41) is 0. The van der Waals surface area contributed by atoms with Gasteiger partial charge in [-0.25, -0.2) is 0 Å². The van der Waals surface area contributed by atoms with E-state index in [0.717, 1.165) is 0 Å². The first kappa shape index (κ1) is 17.4. The van der Waals surface area contributed by atoms with E-state index >= 15 is 0 Å². The zero-order chi connectivity index (χ0) is 5.54. The summed E-state index contributed by atoms with van der Waals surface area (Å²) in [6.07, 6.45) is 2.65. The largest absolute Gasteiger partial charge is 1.00 e. The van der Waals surface area contributed by atoms with Crippen molar-refractivity contribution in [2.75, 3.05) is 11.5 Å². The predicted molar refractivity (Wildman–Crippen MR) is 40.1 cm³/mol. The first-order valence-electron chi connectivity index (χ1n) is 2.99. The Morgan fingerprint density at radius 3 is 1.56 bits per heavy atom. The van der Waals surface area contributed by atoms with Gasteiger partial charge in [-0.3, -0.25) is 0 Å². The van der Waals surface area contributed by atoms with E-state index in [1.54, 1.807) is 0 Å². The molecule has 0 nitrogen and oxygen atoms in total. The Morgan fingerprint density at radius 1 is 1.00 bits per heavy atom. The monoisotopic (exact) mass is 166 g/mol. The quantitative estimate of drug-likeness (QED) is 0.313. The van der Waals surface area contributed by atoms with Crippen molar-refractivity contribution in [3.63, 3.8) is 0 Å². The Balaban J connectivity index is -0.0000000300. The van der Waals surface area contributed by atoms with E-state index in [1.807, 2.05) is 0 Å². The third kappa shape index (κ3) is 17.9. The first-order valence-corrected chi connectivity index (χ1v) is 4.15. The van der Waals surface area contributed by atoms with E-state index in [2.05, 4.69) is 25.6 Å². The molecule has 0 amide bonds. The molecular weight excluding hydrogens is 150 g/mol. The van der Waals surface area contributed by atoms with Crippen LogP contribution >= 0.6 is 11.8 Å². The fourth-order valence-electron chi connectivity index (χ4n) is 0.391. The van der Waals surface area contributed by atoms with Gasteiger partial charge in [0.25, 0.3) is 0 Å². The van der Waals surface area contributed by atoms with Gasteiger partial charge in [0.15, 0.2) is 0 Å². The average molecular weight is 166 g/mol. The van der Waals surface area contributed by atoms with Crippen LogP contribution in [0.1, 0.15) is 29.5 Å². The van der Waals surface area contributed by atoms with Gasteiger partial charge in [0, 0.05) is 0 Å². The smallest absolute Gasteiger partial charge is 1.00 e. The summed E-state index contributed by atoms with van der Waals surface area (Å²) in [6, 6.07) is 0. The van der Waals surface area contributed by atoms with Crippen LogP contribution in [0.5, 0.6) is 0 Å². The Hall–Kier alpha value is 2.35. The second kappa shape index (κ2) is 16.7. The molecule has 0 aliphatic carbocycles. The fraction of sp³-hybridized carbons (Fsp3) is 1.00. The normalized spacial score (nSPS) is 7.33. The van der Waals surface area contributed by atoms with Gasteiger partial charge in [-0.2, -0.15) is 11.8 Å². The molecule has 0 saturated carbocycles. The van der Waals surface area contributed by atoms with E-state index in [0.29, 0.717) is 0 Å². The number of thioether (sulfide) groups is 1. The maximum absolute atomic E-state index is 2.22. The van der Waals surface area contributed by atoms with Crippen molar-refractivity contribution in [2.24, 2.45) is 0 Å². The Labute approximate surface area is 110 Å². The Morgan fingerprint density at radius 2 is 1.33 bits per heavy atom. The molecular formula is C6H16Na2S. The zero-order valence-corrected chi connectivity index (χ0v) is 12.1. The van der Waals surface area contributed by atoms with Crippen molar-refractivity contribution in [3.8, 4) is 0 Å². The maximum atomic E-state index is 2.22. The SMILES string of the molecule is CCCSCCC.[H-].[H-].[Na+].[Na+]. The van der Waals surface area contributed by atoms with Crippen molar-refractivity contribution in [1.82, 2.24) is 0 Å². The molecule has 0 N–H and O–H groups in total. The Kier molecular flexibility index (Phi) is 32.5. The van der Waals surface area contributed by atoms with Crippen molar-refractivity contribution in [1.29, 1.82) is 0 Å². The summed E-state index contributed by atoms with van der Waals surface area (Å²) < 4.78 is 0. The fourth-order valence-corrected chi connectivity index (χ4v) is 1.17. The topological polar surface area (TPSA) is 0 Å². The van der Waals surface area contributed by atoms with Crippen molar-refractivity contribution in [2.45, 2.75) is 26.7 Å².